The van der Waals surface area contributed by atoms with Gasteiger partial charge in [0.15, 0.2) is 0 Å². The summed E-state index contributed by atoms with van der Waals surface area (Å²) in [7, 11) is 8.59. The predicted molar refractivity (Wildman–Crippen MR) is 365 cm³/mol. The van der Waals surface area contributed by atoms with E-state index in [-0.39, 0.29) is 82.7 Å². The van der Waals surface area contributed by atoms with E-state index in [9.17, 15) is 46.7 Å². The average Bonchev–Trinajstić information content (AvgIpc) is 1.14. The van der Waals surface area contributed by atoms with Crippen molar-refractivity contribution < 1.29 is 75.1 Å². The van der Waals surface area contributed by atoms with Crippen molar-refractivity contribution in [2.75, 3.05) is 75.0 Å². The Morgan fingerprint density at radius 1 is 0.590 bits per heavy atom. The first kappa shape index (κ1) is 80.7. The second kappa shape index (κ2) is 35.0. The molecule has 0 aromatic rings. The fourth-order valence-electron chi connectivity index (χ4n) is 16.5. The minimum absolute atomic E-state index is 0.0000825. The Hall–Kier alpha value is -6.64. The molecule has 4 saturated heterocycles. The van der Waals surface area contributed by atoms with Crippen molar-refractivity contribution in [3.05, 3.63) is 0 Å². The van der Waals surface area contributed by atoms with Crippen LogP contribution in [0.5, 0.6) is 0 Å². The lowest BCUT2D eigenvalue weighted by Gasteiger charge is -2.45. The number of alkyl halides is 4. The summed E-state index contributed by atoms with van der Waals surface area (Å²) in [6.07, 6.45) is 0.768. The Balaban J connectivity index is 1.27. The number of carbonyl (C=O) groups is 12. The minimum atomic E-state index is -4.75. The third-order valence-corrected chi connectivity index (χ3v) is 23.3. The molecule has 7 fully saturated rings. The molecule has 24 nitrogen and oxygen atoms in total. The van der Waals surface area contributed by atoms with Crippen LogP contribution in [-0.4, -0.2) is 262 Å². The van der Waals surface area contributed by atoms with Crippen LogP contribution in [0.25, 0.3) is 0 Å². The van der Waals surface area contributed by atoms with E-state index >= 15 is 28.4 Å². The zero-order valence-electron chi connectivity index (χ0n) is 61.7. The van der Waals surface area contributed by atoms with Gasteiger partial charge in [0.2, 0.25) is 70.9 Å². The van der Waals surface area contributed by atoms with Crippen LogP contribution in [0.15, 0.2) is 0 Å². The third kappa shape index (κ3) is 19.0. The van der Waals surface area contributed by atoms with E-state index in [1.54, 1.807) is 25.7 Å². The second-order valence-electron chi connectivity index (χ2n) is 31.1. The summed E-state index contributed by atoms with van der Waals surface area (Å²) in [5, 5.41) is 8.74. The maximum atomic E-state index is 15.4. The first-order chi connectivity index (χ1) is 47.0. The maximum Gasteiger partial charge on any atom is 0.394 e. The van der Waals surface area contributed by atoms with E-state index in [0.717, 1.165) is 43.4 Å². The molecule has 13 atom stereocenters. The maximum absolute atomic E-state index is 15.4. The van der Waals surface area contributed by atoms with Crippen LogP contribution in [0.1, 0.15) is 203 Å². The van der Waals surface area contributed by atoms with Gasteiger partial charge in [-0.15, -0.1) is 0 Å². The van der Waals surface area contributed by atoms with Crippen LogP contribution in [0.4, 0.5) is 17.6 Å². The number of piperidine rings is 1. The fraction of sp³-hybridized carbons (Fsp3) is 0.833. The molecular formula is C72H116F4N12O12. The monoisotopic (exact) mass is 1420 g/mol. The van der Waals surface area contributed by atoms with Crippen molar-refractivity contribution in [2.45, 2.75) is 275 Å². The van der Waals surface area contributed by atoms with Crippen LogP contribution < -0.4 is 16.0 Å². The van der Waals surface area contributed by atoms with Gasteiger partial charge < -0.3 is 60.0 Å². The number of carbonyl (C=O) groups excluding carboxylic acids is 12. The van der Waals surface area contributed by atoms with Crippen molar-refractivity contribution >= 4 is 70.9 Å². The molecule has 12 amide bonds. The van der Waals surface area contributed by atoms with E-state index in [1.165, 1.54) is 83.5 Å². The molecule has 3 unspecified atom stereocenters. The van der Waals surface area contributed by atoms with Gasteiger partial charge in [-0.3, -0.25) is 57.5 Å². The SMILES string of the molecule is CC[C@H](C)[C@@H]1NC(=O)[C@H](CC(C)C)N(C)C(=O)C[C@@H](C(=O)N2CCCCC2)N(C)C(=O)[C@H](C(C)C)N(C)C(=O)C2(CCCC2)NC(=O)[C@@H]2CCCN2C(=O)[C@H](CCC2CCC(C(F)(F)F)C(F)C2)NC(=O)CN(C)C(=O)[C@H](CC2CCCCC2)N(C)C(=O)[C@@H]2CCN2C(=O)[C@H](C)N(C)C1=O. The molecule has 564 valence electrons. The van der Waals surface area contributed by atoms with E-state index in [1.807, 2.05) is 20.8 Å². The number of rotatable bonds is 11. The lowest BCUT2D eigenvalue weighted by molar-refractivity contribution is -0.201. The largest absolute Gasteiger partial charge is 0.394 e. The molecule has 4 aliphatic heterocycles. The van der Waals surface area contributed by atoms with Gasteiger partial charge >= 0.3 is 6.18 Å². The summed E-state index contributed by atoms with van der Waals surface area (Å²) in [5.41, 5.74) is -1.59. The Labute approximate surface area is 589 Å². The molecule has 3 aliphatic carbocycles. The number of likely N-dealkylation sites (tertiary alicyclic amines) is 1. The summed E-state index contributed by atoms with van der Waals surface area (Å²) >= 11 is 0. The second-order valence-corrected chi connectivity index (χ2v) is 31.1. The highest BCUT2D eigenvalue weighted by atomic mass is 19.4. The number of fused-ring (bicyclic) bond motifs is 2. The van der Waals surface area contributed by atoms with Crippen LogP contribution in [-0.2, 0) is 57.5 Å². The number of nitrogens with zero attached hydrogens (tertiary/aromatic N) is 9. The van der Waals surface area contributed by atoms with Gasteiger partial charge in [0.05, 0.1) is 18.9 Å². The number of nitrogens with one attached hydrogen (secondary N) is 3. The molecule has 1 spiro atoms. The topological polar surface area (TPSA) is 270 Å². The summed E-state index contributed by atoms with van der Waals surface area (Å²) in [4.78, 5) is 192. The third-order valence-electron chi connectivity index (χ3n) is 23.3. The molecule has 0 aromatic heterocycles. The number of amides is 12. The fourth-order valence-corrected chi connectivity index (χ4v) is 16.5. The van der Waals surface area contributed by atoms with Crippen molar-refractivity contribution in [1.82, 2.24) is 60.0 Å². The van der Waals surface area contributed by atoms with Gasteiger partial charge in [-0.05, 0) is 133 Å². The van der Waals surface area contributed by atoms with Gasteiger partial charge in [-0.25, -0.2) is 4.39 Å². The van der Waals surface area contributed by atoms with Gasteiger partial charge in [-0.1, -0.05) is 92.9 Å². The zero-order valence-corrected chi connectivity index (χ0v) is 61.7. The van der Waals surface area contributed by atoms with Gasteiger partial charge in [0, 0.05) is 68.5 Å². The Kier molecular flexibility index (Phi) is 28.3. The highest BCUT2D eigenvalue weighted by Gasteiger charge is 2.53. The summed E-state index contributed by atoms with van der Waals surface area (Å²) in [5.74, 6) is -11.7. The summed E-state index contributed by atoms with van der Waals surface area (Å²) < 4.78 is 56.9. The van der Waals surface area contributed by atoms with Crippen molar-refractivity contribution in [1.29, 1.82) is 0 Å². The molecular weight excluding hydrogens is 1300 g/mol. The van der Waals surface area contributed by atoms with Crippen LogP contribution in [0, 0.1) is 35.5 Å². The molecule has 0 bridgehead atoms. The summed E-state index contributed by atoms with van der Waals surface area (Å²) in [6.45, 7) is 12.6. The Morgan fingerprint density at radius 2 is 1.22 bits per heavy atom. The standard InChI is InChI=1S/C72H116F4N12O12/c1-14-45(6)59-68(98)81(9)46(7)63(93)88-37-31-53(88)66(96)83(11)55(40-47-24-17-15-18-25-47)65(95)80(8)42-57(89)77-51(30-28-48-27-29-49(50(73)39-48)72(74,75)76)64(94)87-36-23-26-52(87)62(92)79-71(32-19-20-33-71)70(100)85(13)60(44(4)5)69(99)84(12)56(67(97)86-34-21-16-22-35-86)41-58(90)82(10)54(38-43(2)3)61(91)78-59/h43-56,59-60H,14-42H2,1-13H3,(H,77,89)(H,78,91)(H,79,92)/t45-,46-,48?,49?,50?,51-,52-,53-,54-,55-,56-,59-,60-/m0/s1. The van der Waals surface area contributed by atoms with E-state index in [2.05, 4.69) is 16.0 Å². The normalized spacial score (nSPS) is 31.0. The van der Waals surface area contributed by atoms with Crippen LogP contribution >= 0.6 is 0 Å². The molecule has 3 saturated carbocycles. The first-order valence-electron chi connectivity index (χ1n) is 37.2. The smallest absolute Gasteiger partial charge is 0.343 e. The molecule has 100 heavy (non-hydrogen) atoms. The van der Waals surface area contributed by atoms with E-state index in [0.29, 0.717) is 51.6 Å². The molecule has 0 radical (unpaired) electrons. The Bertz CT molecular complexity index is 2940. The van der Waals surface area contributed by atoms with Crippen LogP contribution in [0.3, 0.4) is 0 Å². The van der Waals surface area contributed by atoms with E-state index < -0.39 is 193 Å². The molecule has 4 heterocycles. The number of halogens is 4. The Morgan fingerprint density at radius 3 is 1.80 bits per heavy atom. The molecule has 28 heteroatoms. The molecule has 7 rings (SSSR count). The quantitative estimate of drug-likeness (QED) is 0.207. The van der Waals surface area contributed by atoms with Crippen molar-refractivity contribution in [2.24, 2.45) is 35.5 Å². The van der Waals surface area contributed by atoms with Gasteiger partial charge in [0.1, 0.15) is 66.1 Å². The van der Waals surface area contributed by atoms with E-state index in [4.69, 9.17) is 0 Å². The molecule has 7 aliphatic rings. The molecule has 3 N–H and O–H groups in total. The first-order valence-corrected chi connectivity index (χ1v) is 37.2. The van der Waals surface area contributed by atoms with Crippen LogP contribution in [0.2, 0.25) is 0 Å². The van der Waals surface area contributed by atoms with Gasteiger partial charge in [0.25, 0.3) is 0 Å². The highest BCUT2D eigenvalue weighted by molar-refractivity contribution is 6.01. The number of hydrogen-bond acceptors (Lipinski definition) is 12. The highest BCUT2D eigenvalue weighted by Crippen LogP contribution is 2.43. The van der Waals surface area contributed by atoms with Crippen molar-refractivity contribution in [3.63, 3.8) is 0 Å². The van der Waals surface area contributed by atoms with Gasteiger partial charge in [-0.2, -0.15) is 13.2 Å². The number of hydrogen-bond donors (Lipinski definition) is 3. The predicted octanol–water partition coefficient (Wildman–Crippen LogP) is 5.82. The average molecular weight is 1420 g/mol. The number of likely N-dealkylation sites (N-methyl/N-ethyl adjacent to an activating group) is 6. The lowest BCUT2D eigenvalue weighted by atomic mass is 9.78. The molecule has 0 aromatic carbocycles. The van der Waals surface area contributed by atoms with Crippen molar-refractivity contribution in [3.8, 4) is 0 Å². The zero-order chi connectivity index (χ0) is 74.0. The lowest BCUT2D eigenvalue weighted by Crippen LogP contribution is -2.65. The summed E-state index contributed by atoms with van der Waals surface area (Å²) in [6, 6.07) is -11.0. The minimum Gasteiger partial charge on any atom is -0.343 e.